The molecule has 0 saturated carbocycles. The number of carbonyl (C=O) groups is 1. The van der Waals surface area contributed by atoms with Crippen LogP contribution in [0.4, 0.5) is 0 Å². The molecule has 0 fully saturated rings. The van der Waals surface area contributed by atoms with Gasteiger partial charge in [0.1, 0.15) is 0 Å². The molecule has 0 bridgehead atoms. The van der Waals surface area contributed by atoms with Gasteiger partial charge in [-0.05, 0) is 41.8 Å². The van der Waals surface area contributed by atoms with E-state index >= 15 is 0 Å². The zero-order valence-electron chi connectivity index (χ0n) is 15.6. The first kappa shape index (κ1) is 18.5. The highest BCUT2D eigenvalue weighted by Gasteiger charge is 2.20. The molecule has 0 spiro atoms. The summed E-state index contributed by atoms with van der Waals surface area (Å²) in [6.45, 7) is 1.87. The molecule has 3 rings (SSSR count). The van der Waals surface area contributed by atoms with Crippen LogP contribution in [0.15, 0.2) is 67.0 Å². The minimum atomic E-state index is -0.306. The number of hydrogen-bond acceptors (Lipinski definition) is 4. The standard InChI is InChI=1S/C22H22N2O3/c1-15-12-19(26-2)20(27-3)13-18(15)22(25)24-21(16-8-5-4-6-9-16)17-10-7-11-23-14-17/h4-14,21H,1-3H3,(H,24,25). The number of carbonyl (C=O) groups excluding carboxylic acids is 1. The van der Waals surface area contributed by atoms with Crippen molar-refractivity contribution in [2.75, 3.05) is 14.2 Å². The number of pyridine rings is 1. The Morgan fingerprint density at radius 3 is 2.26 bits per heavy atom. The molecule has 5 heteroatoms. The van der Waals surface area contributed by atoms with Gasteiger partial charge < -0.3 is 14.8 Å². The summed E-state index contributed by atoms with van der Waals surface area (Å²) in [5.74, 6) is 0.926. The van der Waals surface area contributed by atoms with Crippen LogP contribution in [-0.4, -0.2) is 25.1 Å². The lowest BCUT2D eigenvalue weighted by Gasteiger charge is -2.20. The Bertz CT molecular complexity index is 872. The smallest absolute Gasteiger partial charge is 0.252 e. The number of aryl methyl sites for hydroxylation is 1. The van der Waals surface area contributed by atoms with Gasteiger partial charge in [0.25, 0.3) is 5.91 Å². The maximum Gasteiger partial charge on any atom is 0.252 e. The average Bonchev–Trinajstić information content (AvgIpc) is 2.72. The van der Waals surface area contributed by atoms with Crippen molar-refractivity contribution >= 4 is 5.91 Å². The number of hydrogen-bond donors (Lipinski definition) is 1. The highest BCUT2D eigenvalue weighted by atomic mass is 16.5. The Kier molecular flexibility index (Phi) is 5.71. The highest BCUT2D eigenvalue weighted by molar-refractivity contribution is 5.96. The zero-order chi connectivity index (χ0) is 19.2. The highest BCUT2D eigenvalue weighted by Crippen LogP contribution is 2.31. The minimum absolute atomic E-state index is 0.189. The van der Waals surface area contributed by atoms with Crippen LogP contribution in [0, 0.1) is 6.92 Å². The topological polar surface area (TPSA) is 60.5 Å². The molecule has 27 heavy (non-hydrogen) atoms. The lowest BCUT2D eigenvalue weighted by atomic mass is 9.99. The van der Waals surface area contributed by atoms with E-state index in [1.165, 1.54) is 0 Å². The van der Waals surface area contributed by atoms with Crippen molar-refractivity contribution in [3.8, 4) is 11.5 Å². The number of ether oxygens (including phenoxy) is 2. The average molecular weight is 362 g/mol. The summed E-state index contributed by atoms with van der Waals surface area (Å²) >= 11 is 0. The van der Waals surface area contributed by atoms with Crippen LogP contribution in [0.5, 0.6) is 11.5 Å². The molecule has 1 N–H and O–H groups in total. The van der Waals surface area contributed by atoms with Crippen molar-refractivity contribution in [2.24, 2.45) is 0 Å². The molecule has 0 saturated heterocycles. The van der Waals surface area contributed by atoms with E-state index in [1.54, 1.807) is 38.7 Å². The van der Waals surface area contributed by atoms with Gasteiger partial charge in [-0.1, -0.05) is 36.4 Å². The number of nitrogens with one attached hydrogen (secondary N) is 1. The van der Waals surface area contributed by atoms with Crippen LogP contribution in [0.2, 0.25) is 0 Å². The van der Waals surface area contributed by atoms with Crippen LogP contribution in [0.1, 0.15) is 33.1 Å². The third-order valence-corrected chi connectivity index (χ3v) is 4.40. The van der Waals surface area contributed by atoms with Gasteiger partial charge in [0.15, 0.2) is 11.5 Å². The largest absolute Gasteiger partial charge is 0.493 e. The van der Waals surface area contributed by atoms with Crippen molar-refractivity contribution in [3.05, 3.63) is 89.2 Å². The second-order valence-electron chi connectivity index (χ2n) is 6.13. The first-order chi connectivity index (χ1) is 13.1. The summed E-state index contributed by atoms with van der Waals surface area (Å²) in [7, 11) is 3.13. The number of methoxy groups -OCH3 is 2. The van der Waals surface area contributed by atoms with E-state index in [-0.39, 0.29) is 11.9 Å². The van der Waals surface area contributed by atoms with Gasteiger partial charge in [0.05, 0.1) is 20.3 Å². The number of benzene rings is 2. The monoisotopic (exact) mass is 362 g/mol. The Hall–Kier alpha value is -3.34. The number of nitrogens with zero attached hydrogens (tertiary/aromatic N) is 1. The fraction of sp³-hybridized carbons (Fsp3) is 0.182. The van der Waals surface area contributed by atoms with Gasteiger partial charge in [-0.15, -0.1) is 0 Å². The van der Waals surface area contributed by atoms with E-state index < -0.39 is 0 Å². The van der Waals surface area contributed by atoms with Gasteiger partial charge in [0, 0.05) is 18.0 Å². The maximum absolute atomic E-state index is 13.1. The molecule has 1 aromatic heterocycles. The fourth-order valence-corrected chi connectivity index (χ4v) is 2.99. The second-order valence-corrected chi connectivity index (χ2v) is 6.13. The molecule has 2 aromatic carbocycles. The van der Waals surface area contributed by atoms with Crippen LogP contribution in [0.3, 0.4) is 0 Å². The van der Waals surface area contributed by atoms with E-state index in [0.29, 0.717) is 17.1 Å². The van der Waals surface area contributed by atoms with Gasteiger partial charge in [-0.2, -0.15) is 0 Å². The van der Waals surface area contributed by atoms with Crippen molar-refractivity contribution in [2.45, 2.75) is 13.0 Å². The van der Waals surface area contributed by atoms with Crippen molar-refractivity contribution in [3.63, 3.8) is 0 Å². The fourth-order valence-electron chi connectivity index (χ4n) is 2.99. The van der Waals surface area contributed by atoms with E-state index in [9.17, 15) is 4.79 Å². The zero-order valence-corrected chi connectivity index (χ0v) is 15.6. The third kappa shape index (κ3) is 4.08. The molecule has 5 nitrogen and oxygen atoms in total. The molecule has 0 radical (unpaired) electrons. The Morgan fingerprint density at radius 1 is 0.963 bits per heavy atom. The minimum Gasteiger partial charge on any atom is -0.493 e. The van der Waals surface area contributed by atoms with E-state index in [0.717, 1.165) is 16.7 Å². The molecule has 1 unspecified atom stereocenters. The molecule has 1 atom stereocenters. The predicted molar refractivity (Wildman–Crippen MR) is 104 cm³/mol. The maximum atomic E-state index is 13.1. The van der Waals surface area contributed by atoms with Crippen molar-refractivity contribution in [1.29, 1.82) is 0 Å². The molecule has 3 aromatic rings. The number of amides is 1. The quantitative estimate of drug-likeness (QED) is 0.722. The van der Waals surface area contributed by atoms with Gasteiger partial charge in [-0.3, -0.25) is 9.78 Å². The first-order valence-corrected chi connectivity index (χ1v) is 8.62. The summed E-state index contributed by atoms with van der Waals surface area (Å²) < 4.78 is 10.6. The molecular weight excluding hydrogens is 340 g/mol. The summed E-state index contributed by atoms with van der Waals surface area (Å²) in [6, 6.07) is 16.8. The molecule has 0 aliphatic carbocycles. The van der Waals surface area contributed by atoms with E-state index in [4.69, 9.17) is 9.47 Å². The summed E-state index contributed by atoms with van der Waals surface area (Å²) in [5, 5.41) is 3.12. The van der Waals surface area contributed by atoms with Crippen LogP contribution in [-0.2, 0) is 0 Å². The normalized spacial score (nSPS) is 11.5. The Morgan fingerprint density at radius 2 is 1.63 bits per heavy atom. The molecule has 1 heterocycles. The summed E-state index contributed by atoms with van der Waals surface area (Å²) in [5.41, 5.74) is 3.24. The first-order valence-electron chi connectivity index (χ1n) is 8.62. The Balaban J connectivity index is 1.96. The van der Waals surface area contributed by atoms with Gasteiger partial charge in [-0.25, -0.2) is 0 Å². The lowest BCUT2D eigenvalue weighted by Crippen LogP contribution is -2.30. The third-order valence-electron chi connectivity index (χ3n) is 4.40. The summed E-state index contributed by atoms with van der Waals surface area (Å²) in [4.78, 5) is 17.3. The molecule has 0 aliphatic rings. The summed E-state index contributed by atoms with van der Waals surface area (Å²) in [6.07, 6.45) is 3.48. The molecule has 138 valence electrons. The van der Waals surface area contributed by atoms with Gasteiger partial charge in [0.2, 0.25) is 0 Å². The van der Waals surface area contributed by atoms with Crippen molar-refractivity contribution < 1.29 is 14.3 Å². The second kappa shape index (κ2) is 8.36. The molecule has 1 amide bonds. The van der Waals surface area contributed by atoms with E-state index in [1.807, 2.05) is 49.4 Å². The SMILES string of the molecule is COc1cc(C)c(C(=O)NC(c2ccccc2)c2cccnc2)cc1OC. The Labute approximate surface area is 159 Å². The molecular formula is C22H22N2O3. The molecule has 0 aliphatic heterocycles. The van der Waals surface area contributed by atoms with Crippen LogP contribution >= 0.6 is 0 Å². The number of aromatic nitrogens is 1. The van der Waals surface area contributed by atoms with Gasteiger partial charge >= 0.3 is 0 Å². The predicted octanol–water partition coefficient (Wildman–Crippen LogP) is 3.93. The number of rotatable bonds is 6. The lowest BCUT2D eigenvalue weighted by molar-refractivity contribution is 0.0942. The van der Waals surface area contributed by atoms with Crippen LogP contribution < -0.4 is 14.8 Å². The van der Waals surface area contributed by atoms with E-state index in [2.05, 4.69) is 10.3 Å². The van der Waals surface area contributed by atoms with Crippen molar-refractivity contribution in [1.82, 2.24) is 10.3 Å². The van der Waals surface area contributed by atoms with Crippen LogP contribution in [0.25, 0.3) is 0 Å².